The van der Waals surface area contributed by atoms with Crippen molar-refractivity contribution in [1.29, 1.82) is 0 Å². The topological polar surface area (TPSA) is 57.5 Å². The van der Waals surface area contributed by atoms with E-state index in [2.05, 4.69) is 57.3 Å². The molecule has 1 aliphatic rings. The summed E-state index contributed by atoms with van der Waals surface area (Å²) < 4.78 is 2.20. The zero-order valence-corrected chi connectivity index (χ0v) is 22.6. The van der Waals surface area contributed by atoms with Crippen LogP contribution in [0.3, 0.4) is 0 Å². The number of unbranched alkanes of at least 4 members (excludes halogenated alkanes) is 1. The van der Waals surface area contributed by atoms with Crippen molar-refractivity contribution in [2.75, 3.05) is 33.2 Å². The number of hydrogen-bond acceptors (Lipinski definition) is 3. The highest BCUT2D eigenvalue weighted by molar-refractivity contribution is 14.0. The van der Waals surface area contributed by atoms with E-state index in [-0.39, 0.29) is 24.0 Å². The summed E-state index contributed by atoms with van der Waals surface area (Å²) in [5.74, 6) is 2.48. The lowest BCUT2D eigenvalue weighted by molar-refractivity contribution is 0.125. The number of imidazole rings is 1. The van der Waals surface area contributed by atoms with Crippen LogP contribution in [0.15, 0.2) is 41.7 Å². The number of nitrogens with zero attached hydrogens (tertiary/aromatic N) is 4. The van der Waals surface area contributed by atoms with Crippen molar-refractivity contribution in [3.63, 3.8) is 0 Å². The third kappa shape index (κ3) is 7.92. The van der Waals surface area contributed by atoms with Gasteiger partial charge in [0.05, 0.1) is 0 Å². The third-order valence-corrected chi connectivity index (χ3v) is 6.30. The van der Waals surface area contributed by atoms with Crippen LogP contribution < -0.4 is 10.6 Å². The fraction of sp³-hybridized carbons (Fsp3) is 0.583. The second-order valence-electron chi connectivity index (χ2n) is 8.40. The van der Waals surface area contributed by atoms with Gasteiger partial charge in [-0.25, -0.2) is 4.98 Å². The molecular formula is C24H38ClIN6. The van der Waals surface area contributed by atoms with Gasteiger partial charge in [-0.3, -0.25) is 9.89 Å². The Morgan fingerprint density at radius 2 is 2.12 bits per heavy atom. The van der Waals surface area contributed by atoms with Crippen molar-refractivity contribution >= 4 is 41.5 Å². The SMILES string of the molecule is CCNC(=NCC1CCCN(C)C1c1cccc(Cl)c1)NCCCCn1ccnc1C.I. The van der Waals surface area contributed by atoms with E-state index < -0.39 is 0 Å². The minimum Gasteiger partial charge on any atom is -0.357 e. The second kappa shape index (κ2) is 14.1. The second-order valence-corrected chi connectivity index (χ2v) is 8.84. The number of aliphatic imine (C=N–C) groups is 1. The van der Waals surface area contributed by atoms with E-state index in [1.54, 1.807) is 0 Å². The average molecular weight is 573 g/mol. The fourth-order valence-corrected chi connectivity index (χ4v) is 4.67. The molecule has 2 heterocycles. The number of aromatic nitrogens is 2. The molecular weight excluding hydrogens is 535 g/mol. The lowest BCUT2D eigenvalue weighted by atomic mass is 9.85. The van der Waals surface area contributed by atoms with E-state index in [0.717, 1.165) is 62.4 Å². The van der Waals surface area contributed by atoms with Crippen LogP contribution in [0.2, 0.25) is 5.02 Å². The minimum atomic E-state index is 0. The van der Waals surface area contributed by atoms with Crippen LogP contribution in [-0.4, -0.2) is 53.6 Å². The van der Waals surface area contributed by atoms with E-state index in [4.69, 9.17) is 16.6 Å². The Labute approximate surface area is 215 Å². The molecule has 0 saturated carbocycles. The molecule has 178 valence electrons. The normalized spacial score (nSPS) is 19.4. The van der Waals surface area contributed by atoms with Crippen LogP contribution in [0.1, 0.15) is 50.0 Å². The van der Waals surface area contributed by atoms with Gasteiger partial charge >= 0.3 is 0 Å². The van der Waals surface area contributed by atoms with Crippen LogP contribution in [0.4, 0.5) is 0 Å². The highest BCUT2D eigenvalue weighted by Gasteiger charge is 2.30. The number of likely N-dealkylation sites (tertiary alicyclic amines) is 1. The zero-order chi connectivity index (χ0) is 22.1. The maximum atomic E-state index is 6.28. The highest BCUT2D eigenvalue weighted by Crippen LogP contribution is 2.36. The number of benzene rings is 1. The summed E-state index contributed by atoms with van der Waals surface area (Å²) in [6.45, 7) is 8.88. The average Bonchev–Trinajstić information content (AvgIpc) is 3.16. The van der Waals surface area contributed by atoms with Crippen LogP contribution in [-0.2, 0) is 6.54 Å². The molecule has 1 fully saturated rings. The molecule has 6 nitrogen and oxygen atoms in total. The van der Waals surface area contributed by atoms with Gasteiger partial charge in [-0.1, -0.05) is 23.7 Å². The van der Waals surface area contributed by atoms with Gasteiger partial charge in [-0.2, -0.15) is 0 Å². The van der Waals surface area contributed by atoms with Crippen LogP contribution >= 0.6 is 35.6 Å². The molecule has 3 rings (SSSR count). The minimum absolute atomic E-state index is 0. The van der Waals surface area contributed by atoms with Crippen molar-refractivity contribution in [3.05, 3.63) is 53.1 Å². The van der Waals surface area contributed by atoms with Crippen LogP contribution in [0.25, 0.3) is 0 Å². The quantitative estimate of drug-likeness (QED) is 0.195. The number of aryl methyl sites for hydroxylation is 2. The molecule has 1 aromatic heterocycles. The third-order valence-electron chi connectivity index (χ3n) is 6.07. The molecule has 2 atom stereocenters. The number of nitrogens with one attached hydrogen (secondary N) is 2. The van der Waals surface area contributed by atoms with E-state index >= 15 is 0 Å². The molecule has 0 radical (unpaired) electrons. The Hall–Kier alpha value is -1.32. The van der Waals surface area contributed by atoms with Crippen molar-refractivity contribution in [1.82, 2.24) is 25.1 Å². The van der Waals surface area contributed by atoms with E-state index in [1.807, 2.05) is 25.4 Å². The first-order valence-electron chi connectivity index (χ1n) is 11.5. The molecule has 1 aliphatic heterocycles. The molecule has 2 aromatic rings. The zero-order valence-electron chi connectivity index (χ0n) is 19.6. The molecule has 32 heavy (non-hydrogen) atoms. The smallest absolute Gasteiger partial charge is 0.191 e. The van der Waals surface area contributed by atoms with E-state index in [9.17, 15) is 0 Å². The van der Waals surface area contributed by atoms with Crippen LogP contribution in [0.5, 0.6) is 0 Å². The Balaban J connectivity index is 0.00000363. The van der Waals surface area contributed by atoms with Gasteiger partial charge in [-0.15, -0.1) is 24.0 Å². The summed E-state index contributed by atoms with van der Waals surface area (Å²) in [5, 5.41) is 7.71. The number of hydrogen-bond donors (Lipinski definition) is 2. The standard InChI is InChI=1S/C24H37ClN6.HI/c1-4-26-24(28-12-5-6-15-31-16-13-27-19(31)2)29-18-21-10-8-14-30(3)23(21)20-9-7-11-22(25)17-20;/h7,9,11,13,16-17,21,23H,4-6,8,10,12,14-15,18H2,1-3H3,(H2,26,28,29);1H. The lowest BCUT2D eigenvalue weighted by Gasteiger charge is -2.39. The number of guanidine groups is 1. The summed E-state index contributed by atoms with van der Waals surface area (Å²) >= 11 is 6.28. The Bertz CT molecular complexity index is 839. The van der Waals surface area contributed by atoms with Gasteiger partial charge in [-0.05, 0) is 76.7 Å². The first kappa shape index (κ1) is 26.9. The maximum Gasteiger partial charge on any atom is 0.191 e. The summed E-state index contributed by atoms with van der Waals surface area (Å²) in [6, 6.07) is 8.66. The predicted octanol–water partition coefficient (Wildman–Crippen LogP) is 4.88. The van der Waals surface area contributed by atoms with Gasteiger partial charge in [0.25, 0.3) is 0 Å². The summed E-state index contributed by atoms with van der Waals surface area (Å²) in [6.07, 6.45) is 8.53. The van der Waals surface area contributed by atoms with Gasteiger partial charge in [0, 0.05) is 49.6 Å². The van der Waals surface area contributed by atoms with Gasteiger partial charge in [0.1, 0.15) is 5.82 Å². The predicted molar refractivity (Wildman–Crippen MR) is 145 cm³/mol. The molecule has 1 saturated heterocycles. The Kier molecular flexibility index (Phi) is 11.8. The largest absolute Gasteiger partial charge is 0.357 e. The molecule has 0 bridgehead atoms. The number of piperidine rings is 1. The van der Waals surface area contributed by atoms with Crippen molar-refractivity contribution in [3.8, 4) is 0 Å². The number of rotatable bonds is 9. The highest BCUT2D eigenvalue weighted by atomic mass is 127. The number of halogens is 2. The summed E-state index contributed by atoms with van der Waals surface area (Å²) in [7, 11) is 2.22. The van der Waals surface area contributed by atoms with E-state index in [0.29, 0.717) is 12.0 Å². The van der Waals surface area contributed by atoms with Crippen molar-refractivity contribution in [2.24, 2.45) is 10.9 Å². The lowest BCUT2D eigenvalue weighted by Crippen LogP contribution is -2.40. The molecule has 2 N–H and O–H groups in total. The van der Waals surface area contributed by atoms with Gasteiger partial charge in [0.2, 0.25) is 0 Å². The first-order chi connectivity index (χ1) is 15.1. The summed E-state index contributed by atoms with van der Waals surface area (Å²) in [4.78, 5) is 11.7. The van der Waals surface area contributed by atoms with E-state index in [1.165, 1.54) is 18.4 Å². The molecule has 1 aromatic carbocycles. The Morgan fingerprint density at radius 3 is 2.84 bits per heavy atom. The van der Waals surface area contributed by atoms with Crippen LogP contribution in [0, 0.1) is 12.8 Å². The van der Waals surface area contributed by atoms with Crippen molar-refractivity contribution in [2.45, 2.75) is 52.1 Å². The fourth-order valence-electron chi connectivity index (χ4n) is 4.47. The molecule has 2 unspecified atom stereocenters. The maximum absolute atomic E-state index is 6.28. The van der Waals surface area contributed by atoms with Gasteiger partial charge in [0.15, 0.2) is 5.96 Å². The molecule has 8 heteroatoms. The Morgan fingerprint density at radius 1 is 1.28 bits per heavy atom. The van der Waals surface area contributed by atoms with Crippen molar-refractivity contribution < 1.29 is 0 Å². The van der Waals surface area contributed by atoms with Gasteiger partial charge < -0.3 is 15.2 Å². The first-order valence-corrected chi connectivity index (χ1v) is 11.9. The summed E-state index contributed by atoms with van der Waals surface area (Å²) in [5.41, 5.74) is 1.29. The monoisotopic (exact) mass is 572 g/mol. The molecule has 0 spiro atoms. The molecule has 0 amide bonds. The molecule has 0 aliphatic carbocycles.